The number of aromatic nitrogens is 3. The number of carbonyl (C=O) groups is 1. The van der Waals surface area contributed by atoms with E-state index in [0.717, 1.165) is 11.3 Å². The van der Waals surface area contributed by atoms with E-state index in [1.165, 1.54) is 6.33 Å². The Morgan fingerprint density at radius 1 is 1.33 bits per heavy atom. The van der Waals surface area contributed by atoms with E-state index in [1.807, 2.05) is 24.3 Å². The van der Waals surface area contributed by atoms with Crippen molar-refractivity contribution < 1.29 is 4.79 Å². The van der Waals surface area contributed by atoms with Gasteiger partial charge in [-0.1, -0.05) is 32.0 Å². The first-order chi connectivity index (χ1) is 8.50. The molecule has 0 saturated carbocycles. The predicted octanol–water partition coefficient (Wildman–Crippen LogP) is 2.52. The summed E-state index contributed by atoms with van der Waals surface area (Å²) in [4.78, 5) is 15.4. The molecule has 0 unspecified atom stereocenters. The Kier molecular flexibility index (Phi) is 3.28. The Morgan fingerprint density at radius 3 is 2.67 bits per heavy atom. The summed E-state index contributed by atoms with van der Waals surface area (Å²) in [7, 11) is 0. The minimum atomic E-state index is -0.214. The SMILES string of the molecule is CC(=O)CC(C)(C)c1ccccc1-n1cncn1. The molecule has 0 aliphatic heterocycles. The number of hydrogen-bond acceptors (Lipinski definition) is 3. The smallest absolute Gasteiger partial charge is 0.138 e. The summed E-state index contributed by atoms with van der Waals surface area (Å²) in [6, 6.07) is 7.98. The fourth-order valence-electron chi connectivity index (χ4n) is 2.30. The highest BCUT2D eigenvalue weighted by atomic mass is 16.1. The molecule has 18 heavy (non-hydrogen) atoms. The lowest BCUT2D eigenvalue weighted by Gasteiger charge is -2.26. The van der Waals surface area contributed by atoms with Crippen molar-refractivity contribution in [3.63, 3.8) is 0 Å². The highest BCUT2D eigenvalue weighted by Crippen LogP contribution is 2.31. The number of hydrogen-bond donors (Lipinski definition) is 0. The van der Waals surface area contributed by atoms with Crippen molar-refractivity contribution >= 4 is 5.78 Å². The van der Waals surface area contributed by atoms with Gasteiger partial charge in [0.2, 0.25) is 0 Å². The van der Waals surface area contributed by atoms with Gasteiger partial charge in [0.25, 0.3) is 0 Å². The standard InChI is InChI=1S/C14H17N3O/c1-11(18)8-14(2,3)12-6-4-5-7-13(12)17-10-15-9-16-17/h4-7,9-10H,8H2,1-3H3. The summed E-state index contributed by atoms with van der Waals surface area (Å²) in [5, 5.41) is 4.16. The van der Waals surface area contributed by atoms with E-state index in [4.69, 9.17) is 0 Å². The molecule has 0 radical (unpaired) electrons. The van der Waals surface area contributed by atoms with Crippen LogP contribution in [-0.2, 0) is 10.2 Å². The van der Waals surface area contributed by atoms with Crippen LogP contribution in [-0.4, -0.2) is 20.5 Å². The minimum absolute atomic E-state index is 0.188. The van der Waals surface area contributed by atoms with E-state index >= 15 is 0 Å². The van der Waals surface area contributed by atoms with Crippen molar-refractivity contribution in [3.05, 3.63) is 42.5 Å². The van der Waals surface area contributed by atoms with Crippen LogP contribution in [0.3, 0.4) is 0 Å². The molecule has 1 heterocycles. The molecule has 4 nitrogen and oxygen atoms in total. The number of carbonyl (C=O) groups excluding carboxylic acids is 1. The van der Waals surface area contributed by atoms with Gasteiger partial charge in [-0.25, -0.2) is 9.67 Å². The van der Waals surface area contributed by atoms with E-state index < -0.39 is 0 Å². The first-order valence-electron chi connectivity index (χ1n) is 5.94. The number of benzene rings is 1. The molecule has 0 amide bonds. The second kappa shape index (κ2) is 4.72. The van der Waals surface area contributed by atoms with Crippen molar-refractivity contribution in [2.75, 3.05) is 0 Å². The zero-order valence-corrected chi connectivity index (χ0v) is 10.9. The zero-order valence-electron chi connectivity index (χ0n) is 10.9. The molecule has 0 aliphatic rings. The first kappa shape index (κ1) is 12.5. The quantitative estimate of drug-likeness (QED) is 0.829. The Labute approximate surface area is 107 Å². The third kappa shape index (κ3) is 2.47. The van der Waals surface area contributed by atoms with Crippen molar-refractivity contribution in [1.82, 2.24) is 14.8 Å². The summed E-state index contributed by atoms with van der Waals surface area (Å²) in [6.07, 6.45) is 3.69. The van der Waals surface area contributed by atoms with Crippen molar-refractivity contribution in [2.45, 2.75) is 32.6 Å². The molecule has 2 rings (SSSR count). The van der Waals surface area contributed by atoms with Gasteiger partial charge in [-0.3, -0.25) is 4.79 Å². The molecule has 0 saturated heterocycles. The Balaban J connectivity index is 2.48. The van der Waals surface area contributed by atoms with Gasteiger partial charge in [0, 0.05) is 6.42 Å². The predicted molar refractivity (Wildman–Crippen MR) is 69.7 cm³/mol. The summed E-state index contributed by atoms with van der Waals surface area (Å²) in [6.45, 7) is 5.77. The van der Waals surface area contributed by atoms with Crippen LogP contribution in [0.1, 0.15) is 32.8 Å². The Hall–Kier alpha value is -1.97. The number of ketones is 1. The molecule has 0 spiro atoms. The van der Waals surface area contributed by atoms with Gasteiger partial charge in [-0.15, -0.1) is 0 Å². The molecule has 0 N–H and O–H groups in total. The van der Waals surface area contributed by atoms with Gasteiger partial charge in [0.05, 0.1) is 5.69 Å². The van der Waals surface area contributed by atoms with Crippen molar-refractivity contribution in [1.29, 1.82) is 0 Å². The maximum absolute atomic E-state index is 11.4. The fraction of sp³-hybridized carbons (Fsp3) is 0.357. The van der Waals surface area contributed by atoms with Crippen LogP contribution in [0.5, 0.6) is 0 Å². The molecule has 0 atom stereocenters. The largest absolute Gasteiger partial charge is 0.300 e. The van der Waals surface area contributed by atoms with Crippen LogP contribution in [0.25, 0.3) is 5.69 Å². The van der Waals surface area contributed by atoms with Crippen LogP contribution in [0, 0.1) is 0 Å². The van der Waals surface area contributed by atoms with Crippen LogP contribution in [0.4, 0.5) is 0 Å². The summed E-state index contributed by atoms with van der Waals surface area (Å²) < 4.78 is 1.73. The third-order valence-electron chi connectivity index (χ3n) is 2.99. The molecular weight excluding hydrogens is 226 g/mol. The zero-order chi connectivity index (χ0) is 13.2. The molecule has 1 aromatic heterocycles. The Morgan fingerprint density at radius 2 is 2.06 bits per heavy atom. The van der Waals surface area contributed by atoms with Gasteiger partial charge >= 0.3 is 0 Å². The number of Topliss-reactive ketones (excluding diaryl/α,β-unsaturated/α-hetero) is 1. The summed E-state index contributed by atoms with van der Waals surface area (Å²) >= 11 is 0. The molecule has 0 aliphatic carbocycles. The molecule has 0 bridgehead atoms. The molecule has 1 aromatic carbocycles. The second-order valence-electron chi connectivity index (χ2n) is 5.12. The van der Waals surface area contributed by atoms with Crippen LogP contribution in [0.2, 0.25) is 0 Å². The average molecular weight is 243 g/mol. The highest BCUT2D eigenvalue weighted by molar-refractivity contribution is 5.77. The maximum Gasteiger partial charge on any atom is 0.138 e. The van der Waals surface area contributed by atoms with E-state index in [1.54, 1.807) is 17.9 Å². The topological polar surface area (TPSA) is 47.8 Å². The van der Waals surface area contributed by atoms with E-state index in [9.17, 15) is 4.79 Å². The Bertz CT molecular complexity index is 544. The normalized spacial score (nSPS) is 11.5. The fourth-order valence-corrected chi connectivity index (χ4v) is 2.30. The second-order valence-corrected chi connectivity index (χ2v) is 5.12. The summed E-state index contributed by atoms with van der Waals surface area (Å²) in [5.74, 6) is 0.188. The number of para-hydroxylation sites is 1. The lowest BCUT2D eigenvalue weighted by Crippen LogP contribution is -2.22. The number of rotatable bonds is 4. The van der Waals surface area contributed by atoms with Crippen molar-refractivity contribution in [3.8, 4) is 5.69 Å². The van der Waals surface area contributed by atoms with Gasteiger partial charge in [0.15, 0.2) is 0 Å². The van der Waals surface area contributed by atoms with E-state index in [0.29, 0.717) is 6.42 Å². The van der Waals surface area contributed by atoms with Gasteiger partial charge < -0.3 is 0 Å². The van der Waals surface area contributed by atoms with Crippen molar-refractivity contribution in [2.24, 2.45) is 0 Å². The third-order valence-corrected chi connectivity index (χ3v) is 2.99. The monoisotopic (exact) mass is 243 g/mol. The molecule has 4 heteroatoms. The molecular formula is C14H17N3O. The van der Waals surface area contributed by atoms with E-state index in [-0.39, 0.29) is 11.2 Å². The average Bonchev–Trinajstić information content (AvgIpc) is 2.80. The van der Waals surface area contributed by atoms with E-state index in [2.05, 4.69) is 23.9 Å². The highest BCUT2D eigenvalue weighted by Gasteiger charge is 2.25. The first-order valence-corrected chi connectivity index (χ1v) is 5.94. The molecule has 0 fully saturated rings. The minimum Gasteiger partial charge on any atom is -0.300 e. The van der Waals surface area contributed by atoms with Crippen LogP contribution >= 0.6 is 0 Å². The summed E-state index contributed by atoms with van der Waals surface area (Å²) in [5.41, 5.74) is 1.86. The van der Waals surface area contributed by atoms with Crippen LogP contribution < -0.4 is 0 Å². The lowest BCUT2D eigenvalue weighted by molar-refractivity contribution is -0.118. The molecule has 2 aromatic rings. The molecule has 94 valence electrons. The number of nitrogens with zero attached hydrogens (tertiary/aromatic N) is 3. The maximum atomic E-state index is 11.4. The van der Waals surface area contributed by atoms with Gasteiger partial charge in [-0.2, -0.15) is 5.10 Å². The van der Waals surface area contributed by atoms with Gasteiger partial charge in [0.1, 0.15) is 18.4 Å². The van der Waals surface area contributed by atoms with Gasteiger partial charge in [-0.05, 0) is 24.0 Å². The lowest BCUT2D eigenvalue weighted by atomic mass is 9.79. The van der Waals surface area contributed by atoms with Crippen LogP contribution in [0.15, 0.2) is 36.9 Å².